The fourth-order valence-corrected chi connectivity index (χ4v) is 3.67. The number of morpholine rings is 1. The number of hydrogen-bond acceptors (Lipinski definition) is 3. The van der Waals surface area contributed by atoms with E-state index >= 15 is 0 Å². The van der Waals surface area contributed by atoms with Crippen LogP contribution >= 0.6 is 24.0 Å². The van der Waals surface area contributed by atoms with E-state index in [-0.39, 0.29) is 42.0 Å². The summed E-state index contributed by atoms with van der Waals surface area (Å²) in [4.78, 5) is 6.68. The molecule has 7 heteroatoms. The van der Waals surface area contributed by atoms with Crippen LogP contribution in [0.3, 0.4) is 0 Å². The molecule has 2 aromatic rings. The second-order valence-electron chi connectivity index (χ2n) is 7.68. The summed E-state index contributed by atoms with van der Waals surface area (Å²) in [7, 11) is 1.73. The Morgan fingerprint density at radius 3 is 2.20 bits per heavy atom. The first-order valence-electron chi connectivity index (χ1n) is 10.2. The Morgan fingerprint density at radius 1 is 1.00 bits per heavy atom. The summed E-state index contributed by atoms with van der Waals surface area (Å²) in [5, 5.41) is 6.51. The lowest BCUT2D eigenvalue weighted by molar-refractivity contribution is -0.0704. The summed E-state index contributed by atoms with van der Waals surface area (Å²) >= 11 is 0. The van der Waals surface area contributed by atoms with Gasteiger partial charge in [-0.05, 0) is 42.7 Å². The molecule has 0 aromatic heterocycles. The first-order valence-corrected chi connectivity index (χ1v) is 10.2. The minimum atomic E-state index is -0.228. The Morgan fingerprint density at radius 2 is 1.60 bits per heavy atom. The number of ether oxygens (including phenoxy) is 1. The zero-order valence-electron chi connectivity index (χ0n) is 17.9. The normalized spacial score (nSPS) is 19.8. The minimum absolute atomic E-state index is 0. The third-order valence-corrected chi connectivity index (χ3v) is 4.96. The van der Waals surface area contributed by atoms with Gasteiger partial charge in [-0.25, -0.2) is 4.39 Å². The van der Waals surface area contributed by atoms with E-state index in [1.165, 1.54) is 23.3 Å². The number of halogens is 2. The third-order valence-electron chi connectivity index (χ3n) is 4.96. The van der Waals surface area contributed by atoms with Crippen molar-refractivity contribution in [2.45, 2.75) is 45.7 Å². The van der Waals surface area contributed by atoms with Gasteiger partial charge in [0.05, 0.1) is 12.2 Å². The Balaban J connectivity index is 0.00000320. The lowest BCUT2D eigenvalue weighted by Crippen LogP contribution is -2.44. The van der Waals surface area contributed by atoms with Crippen molar-refractivity contribution in [2.75, 3.05) is 20.1 Å². The van der Waals surface area contributed by atoms with Crippen LogP contribution in [0.5, 0.6) is 0 Å². The molecule has 1 aliphatic heterocycles. The maximum atomic E-state index is 13.3. The van der Waals surface area contributed by atoms with Crippen molar-refractivity contribution in [1.82, 2.24) is 15.5 Å². The van der Waals surface area contributed by atoms with Crippen molar-refractivity contribution < 1.29 is 9.13 Å². The van der Waals surface area contributed by atoms with Crippen molar-refractivity contribution >= 4 is 29.9 Å². The van der Waals surface area contributed by atoms with Crippen LogP contribution in [0.1, 0.15) is 30.5 Å². The number of nitrogens with one attached hydrogen (secondary N) is 2. The number of benzene rings is 2. The Hall–Kier alpha value is -1.71. The molecule has 2 atom stereocenters. The molecule has 1 fully saturated rings. The van der Waals surface area contributed by atoms with Crippen molar-refractivity contribution in [1.29, 1.82) is 0 Å². The van der Waals surface area contributed by atoms with Crippen LogP contribution in [-0.2, 0) is 24.4 Å². The first-order chi connectivity index (χ1) is 14.0. The second-order valence-corrected chi connectivity index (χ2v) is 7.68. The van der Waals surface area contributed by atoms with E-state index in [0.717, 1.165) is 25.2 Å². The molecule has 0 aliphatic carbocycles. The molecule has 0 bridgehead atoms. The van der Waals surface area contributed by atoms with Crippen LogP contribution in [0.15, 0.2) is 53.5 Å². The van der Waals surface area contributed by atoms with Gasteiger partial charge in [0, 0.05) is 39.8 Å². The van der Waals surface area contributed by atoms with Crippen LogP contribution in [0.4, 0.5) is 4.39 Å². The van der Waals surface area contributed by atoms with Crippen LogP contribution in [-0.4, -0.2) is 43.2 Å². The molecular weight excluding hydrogens is 494 g/mol. The molecule has 2 aromatic carbocycles. The highest BCUT2D eigenvalue weighted by Gasteiger charge is 2.21. The number of nitrogens with zero attached hydrogens (tertiary/aromatic N) is 2. The summed E-state index contributed by atoms with van der Waals surface area (Å²) in [6, 6.07) is 15.2. The van der Waals surface area contributed by atoms with Gasteiger partial charge < -0.3 is 15.4 Å². The number of hydrogen-bond donors (Lipinski definition) is 2. The standard InChI is InChI=1S/C23H31FN4O.HI/c1-17-14-28(15-18(2)29-17)16-20-9-7-19(8-10-20)12-26-23(25-3)27-13-21-5-4-6-22(24)11-21;/h4-11,17-18H,12-16H2,1-3H3,(H2,25,26,27);1H. The highest BCUT2D eigenvalue weighted by atomic mass is 127. The zero-order valence-corrected chi connectivity index (χ0v) is 20.2. The van der Waals surface area contributed by atoms with Gasteiger partial charge in [0.25, 0.3) is 0 Å². The van der Waals surface area contributed by atoms with Crippen molar-refractivity contribution in [3.8, 4) is 0 Å². The largest absolute Gasteiger partial charge is 0.373 e. The lowest BCUT2D eigenvalue weighted by atomic mass is 10.1. The molecule has 0 spiro atoms. The van der Waals surface area contributed by atoms with E-state index in [0.29, 0.717) is 19.0 Å². The second kappa shape index (κ2) is 12.2. The fourth-order valence-electron chi connectivity index (χ4n) is 3.67. The van der Waals surface area contributed by atoms with Gasteiger partial charge in [-0.15, -0.1) is 24.0 Å². The van der Waals surface area contributed by atoms with Gasteiger partial charge in [-0.3, -0.25) is 9.89 Å². The molecule has 0 saturated carbocycles. The van der Waals surface area contributed by atoms with E-state index in [1.54, 1.807) is 13.1 Å². The maximum Gasteiger partial charge on any atom is 0.191 e. The fraction of sp³-hybridized carbons (Fsp3) is 0.435. The summed E-state index contributed by atoms with van der Waals surface area (Å²) < 4.78 is 19.1. The lowest BCUT2D eigenvalue weighted by Gasteiger charge is -2.35. The minimum Gasteiger partial charge on any atom is -0.373 e. The van der Waals surface area contributed by atoms with E-state index < -0.39 is 0 Å². The van der Waals surface area contributed by atoms with Gasteiger partial charge in [-0.2, -0.15) is 0 Å². The number of guanidine groups is 1. The average Bonchev–Trinajstić information content (AvgIpc) is 2.68. The van der Waals surface area contributed by atoms with Gasteiger partial charge >= 0.3 is 0 Å². The van der Waals surface area contributed by atoms with Gasteiger partial charge in [0.2, 0.25) is 0 Å². The zero-order chi connectivity index (χ0) is 20.6. The average molecular weight is 526 g/mol. The third kappa shape index (κ3) is 7.85. The topological polar surface area (TPSA) is 48.9 Å². The predicted molar refractivity (Wildman–Crippen MR) is 131 cm³/mol. The molecule has 164 valence electrons. The molecule has 0 amide bonds. The van der Waals surface area contributed by atoms with E-state index in [9.17, 15) is 4.39 Å². The Bertz CT molecular complexity index is 805. The smallest absolute Gasteiger partial charge is 0.191 e. The molecule has 2 unspecified atom stereocenters. The molecule has 1 heterocycles. The molecule has 1 aliphatic rings. The molecule has 30 heavy (non-hydrogen) atoms. The highest BCUT2D eigenvalue weighted by Crippen LogP contribution is 2.14. The summed E-state index contributed by atoms with van der Waals surface area (Å²) in [6.07, 6.45) is 0.572. The molecular formula is C23H32FIN4O. The number of rotatable bonds is 6. The Labute approximate surface area is 196 Å². The molecule has 1 saturated heterocycles. The molecule has 2 N–H and O–H groups in total. The molecule has 5 nitrogen and oxygen atoms in total. The molecule has 3 rings (SSSR count). The van der Waals surface area contributed by atoms with E-state index in [4.69, 9.17) is 4.74 Å². The van der Waals surface area contributed by atoms with Crippen molar-refractivity contribution in [3.05, 3.63) is 71.0 Å². The first kappa shape index (κ1) is 24.6. The van der Waals surface area contributed by atoms with Gasteiger partial charge in [0.15, 0.2) is 5.96 Å². The van der Waals surface area contributed by atoms with Crippen molar-refractivity contribution in [3.63, 3.8) is 0 Å². The number of aliphatic imine (C=N–C) groups is 1. The van der Waals surface area contributed by atoms with E-state index in [1.807, 2.05) is 6.07 Å². The SMILES string of the molecule is CN=C(NCc1ccc(CN2CC(C)OC(C)C2)cc1)NCc1cccc(F)c1.I. The van der Waals surface area contributed by atoms with Gasteiger partial charge in [-0.1, -0.05) is 36.4 Å². The summed E-state index contributed by atoms with van der Waals surface area (Å²) in [5.74, 6) is 0.461. The van der Waals surface area contributed by atoms with Crippen LogP contribution in [0.2, 0.25) is 0 Å². The van der Waals surface area contributed by atoms with E-state index in [2.05, 4.69) is 58.6 Å². The maximum absolute atomic E-state index is 13.3. The summed E-state index contributed by atoms with van der Waals surface area (Å²) in [5.41, 5.74) is 3.37. The quantitative estimate of drug-likeness (QED) is 0.341. The van der Waals surface area contributed by atoms with Gasteiger partial charge in [0.1, 0.15) is 5.82 Å². The highest BCUT2D eigenvalue weighted by molar-refractivity contribution is 14.0. The predicted octanol–water partition coefficient (Wildman–Crippen LogP) is 3.92. The monoisotopic (exact) mass is 526 g/mol. The van der Waals surface area contributed by atoms with Crippen molar-refractivity contribution in [2.24, 2.45) is 4.99 Å². The van der Waals surface area contributed by atoms with Crippen LogP contribution in [0, 0.1) is 5.82 Å². The Kier molecular flexibility index (Phi) is 10.0. The molecule has 0 radical (unpaired) electrons. The van der Waals surface area contributed by atoms with Crippen LogP contribution < -0.4 is 10.6 Å². The summed E-state index contributed by atoms with van der Waals surface area (Å²) in [6.45, 7) is 8.35. The van der Waals surface area contributed by atoms with Crippen LogP contribution in [0.25, 0.3) is 0 Å².